The van der Waals surface area contributed by atoms with Gasteiger partial charge in [0, 0.05) is 6.54 Å². The molecular formula is C10H18F6N2. The summed E-state index contributed by atoms with van der Waals surface area (Å²) >= 11 is 0. The molecule has 0 radical (unpaired) electrons. The summed E-state index contributed by atoms with van der Waals surface area (Å²) in [7, 11) is 0. The number of hydrogen-bond donors (Lipinski definition) is 2. The minimum absolute atomic E-state index is 0.124. The number of nitrogens with one attached hydrogen (secondary N) is 2. The van der Waals surface area contributed by atoms with E-state index >= 15 is 0 Å². The van der Waals surface area contributed by atoms with Crippen LogP contribution in [0.2, 0.25) is 0 Å². The first kappa shape index (κ1) is 17.5. The van der Waals surface area contributed by atoms with Gasteiger partial charge in [0.1, 0.15) is 0 Å². The van der Waals surface area contributed by atoms with Crippen LogP contribution in [0.3, 0.4) is 0 Å². The van der Waals surface area contributed by atoms with Gasteiger partial charge in [-0.05, 0) is 32.5 Å². The molecule has 0 fully saturated rings. The summed E-state index contributed by atoms with van der Waals surface area (Å²) in [6, 6.07) is 0. The average Bonchev–Trinajstić information content (AvgIpc) is 2.18. The molecule has 8 heteroatoms. The van der Waals surface area contributed by atoms with Gasteiger partial charge in [0.25, 0.3) is 0 Å². The van der Waals surface area contributed by atoms with E-state index in [1.54, 1.807) is 0 Å². The largest absolute Gasteiger partial charge is 0.401 e. The van der Waals surface area contributed by atoms with Crippen LogP contribution in [-0.2, 0) is 0 Å². The first-order valence-electron chi connectivity index (χ1n) is 5.74. The molecule has 0 saturated carbocycles. The summed E-state index contributed by atoms with van der Waals surface area (Å²) < 4.78 is 72.7. The second-order valence-corrected chi connectivity index (χ2v) is 3.94. The van der Waals surface area contributed by atoms with Gasteiger partial charge in [-0.3, -0.25) is 0 Å². The van der Waals surface area contributed by atoms with Gasteiger partial charge in [0.2, 0.25) is 0 Å². The van der Waals surface area contributed by atoms with Crippen LogP contribution in [0.25, 0.3) is 0 Å². The van der Waals surface area contributed by atoms with Crippen molar-refractivity contribution in [2.24, 2.45) is 5.92 Å². The molecule has 0 aliphatic rings. The molecule has 0 rings (SSSR count). The van der Waals surface area contributed by atoms with E-state index in [2.05, 4.69) is 10.6 Å². The van der Waals surface area contributed by atoms with E-state index < -0.39 is 24.8 Å². The molecule has 2 nitrogen and oxygen atoms in total. The van der Waals surface area contributed by atoms with E-state index in [1.807, 2.05) is 6.92 Å². The van der Waals surface area contributed by atoms with Crippen molar-refractivity contribution in [1.82, 2.24) is 10.6 Å². The van der Waals surface area contributed by atoms with Gasteiger partial charge in [-0.2, -0.15) is 26.3 Å². The van der Waals surface area contributed by atoms with Gasteiger partial charge in [-0.15, -0.1) is 0 Å². The first-order valence-corrected chi connectivity index (χ1v) is 5.74. The van der Waals surface area contributed by atoms with Gasteiger partial charge in [0.05, 0.1) is 0 Å². The Balaban J connectivity index is 3.86. The number of hydrogen-bond acceptors (Lipinski definition) is 2. The Morgan fingerprint density at radius 2 is 1.33 bits per heavy atom. The van der Waals surface area contributed by atoms with E-state index in [0.717, 1.165) is 13.0 Å². The van der Waals surface area contributed by atoms with Crippen LogP contribution in [0.4, 0.5) is 26.3 Å². The summed E-state index contributed by atoms with van der Waals surface area (Å²) in [6.07, 6.45) is -9.10. The zero-order chi connectivity index (χ0) is 14.2. The maximum atomic E-state index is 12.1. The lowest BCUT2D eigenvalue weighted by Gasteiger charge is -2.23. The molecule has 0 aromatic heterocycles. The van der Waals surface area contributed by atoms with Crippen LogP contribution in [0.5, 0.6) is 0 Å². The van der Waals surface area contributed by atoms with E-state index in [0.29, 0.717) is 13.0 Å². The standard InChI is InChI=1S/C10H18F6N2/c1-2-4-17-5-3-6-18-7-8(9(11,12)13)10(14,15)16/h8,17-18H,2-7H2,1H3. The highest BCUT2D eigenvalue weighted by molar-refractivity contribution is 4.77. The van der Waals surface area contributed by atoms with Crippen molar-refractivity contribution >= 4 is 0 Å². The summed E-state index contributed by atoms with van der Waals surface area (Å²) in [6.45, 7) is 2.32. The Hall–Kier alpha value is -0.500. The highest BCUT2D eigenvalue weighted by atomic mass is 19.4. The van der Waals surface area contributed by atoms with Gasteiger partial charge in [0.15, 0.2) is 5.92 Å². The second kappa shape index (κ2) is 7.83. The summed E-state index contributed by atoms with van der Waals surface area (Å²) in [5.41, 5.74) is 0. The van der Waals surface area contributed by atoms with Gasteiger partial charge in [-0.25, -0.2) is 0 Å². The van der Waals surface area contributed by atoms with Gasteiger partial charge in [-0.1, -0.05) is 6.92 Å². The smallest absolute Gasteiger partial charge is 0.317 e. The number of rotatable bonds is 8. The molecule has 0 heterocycles. The van der Waals surface area contributed by atoms with E-state index in [4.69, 9.17) is 0 Å². The lowest BCUT2D eigenvalue weighted by molar-refractivity contribution is -0.281. The Labute approximate surface area is 102 Å². The highest BCUT2D eigenvalue weighted by Gasteiger charge is 2.55. The zero-order valence-electron chi connectivity index (χ0n) is 10.1. The van der Waals surface area contributed by atoms with Crippen LogP contribution < -0.4 is 10.6 Å². The SMILES string of the molecule is CCCNCCCNCC(C(F)(F)F)C(F)(F)F. The third-order valence-electron chi connectivity index (χ3n) is 2.27. The Morgan fingerprint density at radius 1 is 0.833 bits per heavy atom. The van der Waals surface area contributed by atoms with Gasteiger partial charge < -0.3 is 10.6 Å². The van der Waals surface area contributed by atoms with Crippen LogP contribution in [0.15, 0.2) is 0 Å². The molecule has 0 spiro atoms. The lowest BCUT2D eigenvalue weighted by atomic mass is 10.1. The molecule has 0 aromatic rings. The molecule has 0 amide bonds. The minimum Gasteiger partial charge on any atom is -0.317 e. The Morgan fingerprint density at radius 3 is 1.78 bits per heavy atom. The fraction of sp³-hybridized carbons (Fsp3) is 1.00. The lowest BCUT2D eigenvalue weighted by Crippen LogP contribution is -2.43. The molecule has 0 aliphatic heterocycles. The van der Waals surface area contributed by atoms with Crippen molar-refractivity contribution in [3.63, 3.8) is 0 Å². The van der Waals surface area contributed by atoms with Gasteiger partial charge >= 0.3 is 12.4 Å². The average molecular weight is 280 g/mol. The van der Waals surface area contributed by atoms with E-state index in [9.17, 15) is 26.3 Å². The van der Waals surface area contributed by atoms with Crippen LogP contribution in [0.1, 0.15) is 19.8 Å². The molecule has 0 saturated heterocycles. The summed E-state index contributed by atoms with van der Waals surface area (Å²) in [5.74, 6) is -3.30. The first-order chi connectivity index (χ1) is 8.19. The molecule has 0 unspecified atom stereocenters. The monoisotopic (exact) mass is 280 g/mol. The third-order valence-corrected chi connectivity index (χ3v) is 2.27. The van der Waals surface area contributed by atoms with Crippen molar-refractivity contribution in [3.05, 3.63) is 0 Å². The van der Waals surface area contributed by atoms with E-state index in [1.165, 1.54) is 0 Å². The molecular weight excluding hydrogens is 262 g/mol. The third kappa shape index (κ3) is 7.75. The fourth-order valence-electron chi connectivity index (χ4n) is 1.30. The second-order valence-electron chi connectivity index (χ2n) is 3.94. The summed E-state index contributed by atoms with van der Waals surface area (Å²) in [4.78, 5) is 0. The Kier molecular flexibility index (Phi) is 7.61. The quantitative estimate of drug-likeness (QED) is 0.527. The van der Waals surface area contributed by atoms with Crippen molar-refractivity contribution < 1.29 is 26.3 Å². The van der Waals surface area contributed by atoms with Crippen molar-refractivity contribution in [3.8, 4) is 0 Å². The maximum Gasteiger partial charge on any atom is 0.401 e. The zero-order valence-corrected chi connectivity index (χ0v) is 10.1. The highest BCUT2D eigenvalue weighted by Crippen LogP contribution is 2.38. The normalized spacial score (nSPS) is 13.3. The fourth-order valence-corrected chi connectivity index (χ4v) is 1.30. The molecule has 0 atom stereocenters. The molecule has 0 aliphatic carbocycles. The topological polar surface area (TPSA) is 24.1 Å². The Bertz CT molecular complexity index is 199. The molecule has 110 valence electrons. The molecule has 18 heavy (non-hydrogen) atoms. The van der Waals surface area contributed by atoms with Crippen molar-refractivity contribution in [2.75, 3.05) is 26.2 Å². The predicted octanol–water partition coefficient (Wildman–Crippen LogP) is 2.71. The van der Waals surface area contributed by atoms with E-state index in [-0.39, 0.29) is 6.54 Å². The van der Waals surface area contributed by atoms with Crippen LogP contribution in [0, 0.1) is 5.92 Å². The molecule has 0 aromatic carbocycles. The predicted molar refractivity (Wildman–Crippen MR) is 56.2 cm³/mol. The number of alkyl halides is 6. The van der Waals surface area contributed by atoms with Crippen LogP contribution >= 0.6 is 0 Å². The minimum atomic E-state index is -5.26. The number of halogens is 6. The summed E-state index contributed by atoms with van der Waals surface area (Å²) in [5, 5.41) is 5.19. The van der Waals surface area contributed by atoms with Crippen LogP contribution in [-0.4, -0.2) is 38.5 Å². The maximum absolute atomic E-state index is 12.1. The molecule has 2 N–H and O–H groups in total. The van der Waals surface area contributed by atoms with Crippen molar-refractivity contribution in [1.29, 1.82) is 0 Å². The molecule has 0 bridgehead atoms. The van der Waals surface area contributed by atoms with Crippen molar-refractivity contribution in [2.45, 2.75) is 32.1 Å².